The minimum atomic E-state index is -0.464. The molecule has 0 unspecified atom stereocenters. The molecule has 120 valence electrons. The second-order valence-electron chi connectivity index (χ2n) is 6.71. The summed E-state index contributed by atoms with van der Waals surface area (Å²) in [5.41, 5.74) is 9.94. The van der Waals surface area contributed by atoms with E-state index in [1.165, 1.54) is 0 Å². The van der Waals surface area contributed by atoms with E-state index in [4.69, 9.17) is 5.73 Å². The van der Waals surface area contributed by atoms with Crippen LogP contribution < -0.4 is 5.73 Å². The molecule has 1 fully saturated rings. The molecule has 6 nitrogen and oxygen atoms in total. The third-order valence-electron chi connectivity index (χ3n) is 5.44. The van der Waals surface area contributed by atoms with Gasteiger partial charge in [-0.15, -0.1) is 10.2 Å². The van der Waals surface area contributed by atoms with Gasteiger partial charge < -0.3 is 5.73 Å². The topological polar surface area (TPSA) is 86.2 Å². The number of primary amides is 1. The summed E-state index contributed by atoms with van der Waals surface area (Å²) < 4.78 is 1.70. The second kappa shape index (κ2) is 4.87. The molecular weight excluding hydrogens is 302 g/mol. The average Bonchev–Trinajstić information content (AvgIpc) is 3.06. The van der Waals surface area contributed by atoms with Gasteiger partial charge in [0.1, 0.15) is 0 Å². The SMILES string of the molecule is NC(=O)c1nn2c(-c3ccccc3)nnc2c2c1C1CCC2CC1. The third kappa shape index (κ3) is 1.76. The molecule has 2 bridgehead atoms. The van der Waals surface area contributed by atoms with Gasteiger partial charge in [0.2, 0.25) is 0 Å². The first-order valence-electron chi connectivity index (χ1n) is 8.38. The fraction of sp³-hybridized carbons (Fsp3) is 0.333. The molecule has 1 amide bonds. The van der Waals surface area contributed by atoms with Crippen LogP contribution in [0.2, 0.25) is 0 Å². The maximum absolute atomic E-state index is 12.1. The summed E-state index contributed by atoms with van der Waals surface area (Å²) in [7, 11) is 0. The molecule has 2 aromatic heterocycles. The molecule has 0 atom stereocenters. The van der Waals surface area contributed by atoms with Gasteiger partial charge in [-0.05, 0) is 43.1 Å². The van der Waals surface area contributed by atoms with E-state index in [1.54, 1.807) is 4.52 Å². The number of aromatic nitrogens is 4. The van der Waals surface area contributed by atoms with Gasteiger partial charge in [0.15, 0.2) is 17.2 Å². The summed E-state index contributed by atoms with van der Waals surface area (Å²) in [6, 6.07) is 9.79. The number of carbonyl (C=O) groups excluding carboxylic acids is 1. The van der Waals surface area contributed by atoms with Gasteiger partial charge in [-0.3, -0.25) is 4.79 Å². The predicted octanol–water partition coefficient (Wildman–Crippen LogP) is 2.65. The van der Waals surface area contributed by atoms with Crippen LogP contribution in [-0.2, 0) is 0 Å². The molecule has 6 heteroatoms. The molecule has 0 saturated heterocycles. The number of amides is 1. The van der Waals surface area contributed by atoms with Crippen molar-refractivity contribution in [2.45, 2.75) is 37.5 Å². The normalized spacial score (nSPS) is 21.8. The summed E-state index contributed by atoms with van der Waals surface area (Å²) in [6.07, 6.45) is 4.50. The van der Waals surface area contributed by atoms with E-state index in [-0.39, 0.29) is 0 Å². The number of carbonyl (C=O) groups is 1. The lowest BCUT2D eigenvalue weighted by Gasteiger charge is -2.38. The van der Waals surface area contributed by atoms with Crippen molar-refractivity contribution in [3.05, 3.63) is 47.2 Å². The number of nitrogens with zero attached hydrogens (tertiary/aromatic N) is 4. The molecule has 1 saturated carbocycles. The zero-order valence-electron chi connectivity index (χ0n) is 13.1. The van der Waals surface area contributed by atoms with E-state index in [0.717, 1.165) is 48.0 Å². The van der Waals surface area contributed by atoms with Gasteiger partial charge in [0.25, 0.3) is 5.91 Å². The van der Waals surface area contributed by atoms with Gasteiger partial charge in [-0.1, -0.05) is 30.3 Å². The summed E-state index contributed by atoms with van der Waals surface area (Å²) in [5.74, 6) is 0.994. The highest BCUT2D eigenvalue weighted by atomic mass is 16.1. The maximum atomic E-state index is 12.1. The predicted molar refractivity (Wildman–Crippen MR) is 88.7 cm³/mol. The Bertz CT molecular complexity index is 954. The largest absolute Gasteiger partial charge is 0.364 e. The molecule has 3 aliphatic carbocycles. The van der Waals surface area contributed by atoms with E-state index < -0.39 is 5.91 Å². The number of rotatable bonds is 2. The standard InChI is InChI=1S/C18H17N5O/c19-16(24)15-13-10-6-8-11(9-7-10)14(13)18-21-20-17(23(18)22-15)12-4-2-1-3-5-12/h1-5,10-11H,6-9H2,(H2,19,24). The molecule has 2 heterocycles. The van der Waals surface area contributed by atoms with Crippen LogP contribution in [-0.4, -0.2) is 25.7 Å². The van der Waals surface area contributed by atoms with E-state index in [2.05, 4.69) is 15.3 Å². The number of hydrogen-bond acceptors (Lipinski definition) is 4. The number of hydrogen-bond donors (Lipinski definition) is 1. The highest BCUT2D eigenvalue weighted by molar-refractivity contribution is 5.93. The Morgan fingerprint density at radius 2 is 1.67 bits per heavy atom. The molecule has 3 aliphatic rings. The van der Waals surface area contributed by atoms with Crippen molar-refractivity contribution < 1.29 is 4.79 Å². The summed E-state index contributed by atoms with van der Waals surface area (Å²) in [6.45, 7) is 0. The van der Waals surface area contributed by atoms with E-state index in [0.29, 0.717) is 23.4 Å². The van der Waals surface area contributed by atoms with Gasteiger partial charge in [0, 0.05) is 11.1 Å². The lowest BCUT2D eigenvalue weighted by molar-refractivity contribution is 0.0991. The molecule has 3 aromatic rings. The van der Waals surface area contributed by atoms with Gasteiger partial charge in [-0.25, -0.2) is 0 Å². The number of benzene rings is 1. The molecule has 1 aromatic carbocycles. The molecular formula is C18H17N5O. The highest BCUT2D eigenvalue weighted by Crippen LogP contribution is 2.51. The number of nitrogens with two attached hydrogens (primary N) is 1. The van der Waals surface area contributed by atoms with Crippen molar-refractivity contribution in [3.63, 3.8) is 0 Å². The average molecular weight is 319 g/mol. The summed E-state index contributed by atoms with van der Waals surface area (Å²) >= 11 is 0. The minimum absolute atomic E-state index is 0.377. The maximum Gasteiger partial charge on any atom is 0.269 e. The van der Waals surface area contributed by atoms with Gasteiger partial charge in [-0.2, -0.15) is 9.61 Å². The van der Waals surface area contributed by atoms with Crippen LogP contribution in [0.3, 0.4) is 0 Å². The van der Waals surface area contributed by atoms with Crippen molar-refractivity contribution in [3.8, 4) is 11.4 Å². The van der Waals surface area contributed by atoms with Crippen LogP contribution in [0.15, 0.2) is 30.3 Å². The van der Waals surface area contributed by atoms with Crippen molar-refractivity contribution in [1.29, 1.82) is 0 Å². The Hall–Kier alpha value is -2.76. The molecule has 6 rings (SSSR count). The van der Waals surface area contributed by atoms with E-state index >= 15 is 0 Å². The van der Waals surface area contributed by atoms with Crippen molar-refractivity contribution in [2.75, 3.05) is 0 Å². The van der Waals surface area contributed by atoms with Crippen molar-refractivity contribution >= 4 is 11.6 Å². The zero-order chi connectivity index (χ0) is 16.3. The molecule has 0 aliphatic heterocycles. The molecule has 2 N–H and O–H groups in total. The Morgan fingerprint density at radius 3 is 2.33 bits per heavy atom. The monoisotopic (exact) mass is 319 g/mol. The summed E-state index contributed by atoms with van der Waals surface area (Å²) in [5, 5.41) is 13.3. The minimum Gasteiger partial charge on any atom is -0.364 e. The Labute approximate surface area is 138 Å². The fourth-order valence-corrected chi connectivity index (χ4v) is 4.38. The van der Waals surface area contributed by atoms with Crippen LogP contribution in [0.5, 0.6) is 0 Å². The first-order valence-corrected chi connectivity index (χ1v) is 8.38. The highest BCUT2D eigenvalue weighted by Gasteiger charge is 2.39. The smallest absolute Gasteiger partial charge is 0.269 e. The summed E-state index contributed by atoms with van der Waals surface area (Å²) in [4.78, 5) is 12.1. The van der Waals surface area contributed by atoms with Crippen LogP contribution in [0.4, 0.5) is 0 Å². The van der Waals surface area contributed by atoms with Crippen molar-refractivity contribution in [1.82, 2.24) is 19.8 Å². The van der Waals surface area contributed by atoms with Crippen LogP contribution in [0, 0.1) is 0 Å². The van der Waals surface area contributed by atoms with Crippen LogP contribution in [0.1, 0.15) is 59.1 Å². The molecule has 24 heavy (non-hydrogen) atoms. The lowest BCUT2D eigenvalue weighted by atomic mass is 9.67. The first kappa shape index (κ1) is 13.7. The zero-order valence-corrected chi connectivity index (χ0v) is 13.1. The first-order chi connectivity index (χ1) is 11.7. The van der Waals surface area contributed by atoms with E-state index in [1.807, 2.05) is 30.3 Å². The lowest BCUT2D eigenvalue weighted by Crippen LogP contribution is -2.29. The van der Waals surface area contributed by atoms with Crippen molar-refractivity contribution in [2.24, 2.45) is 5.73 Å². The van der Waals surface area contributed by atoms with Crippen LogP contribution >= 0.6 is 0 Å². The third-order valence-corrected chi connectivity index (χ3v) is 5.44. The Kier molecular flexibility index (Phi) is 2.77. The Morgan fingerprint density at radius 1 is 1.00 bits per heavy atom. The van der Waals surface area contributed by atoms with Gasteiger partial charge in [0.05, 0.1) is 0 Å². The second-order valence-corrected chi connectivity index (χ2v) is 6.71. The number of fused-ring (bicyclic) bond motifs is 3. The Balaban J connectivity index is 1.85. The van der Waals surface area contributed by atoms with Gasteiger partial charge >= 0.3 is 0 Å². The quantitative estimate of drug-likeness (QED) is 0.786. The van der Waals surface area contributed by atoms with Crippen LogP contribution in [0.25, 0.3) is 17.0 Å². The fourth-order valence-electron chi connectivity index (χ4n) is 4.38. The molecule has 0 radical (unpaired) electrons. The molecule has 0 spiro atoms. The van der Waals surface area contributed by atoms with E-state index in [9.17, 15) is 4.79 Å².